The predicted molar refractivity (Wildman–Crippen MR) is 103 cm³/mol. The topological polar surface area (TPSA) is 53.9 Å². The van der Waals surface area contributed by atoms with E-state index in [-0.39, 0.29) is 0 Å². The number of nitrogens with one attached hydrogen (secondary N) is 1. The largest absolute Gasteiger partial charge is 0.359 e. The van der Waals surface area contributed by atoms with E-state index in [9.17, 15) is 0 Å². The lowest BCUT2D eigenvalue weighted by Crippen LogP contribution is -2.21. The van der Waals surface area contributed by atoms with Crippen LogP contribution in [-0.4, -0.2) is 28.5 Å². The van der Waals surface area contributed by atoms with Crippen LogP contribution in [0.25, 0.3) is 0 Å². The van der Waals surface area contributed by atoms with Crippen molar-refractivity contribution in [2.75, 3.05) is 23.8 Å². The fraction of sp³-hybridized carbons (Fsp3) is 0.167. The second-order valence-corrected chi connectivity index (χ2v) is 6.38. The number of nitrogens with zero attached hydrogens (tertiary/aromatic N) is 4. The van der Waals surface area contributed by atoms with Gasteiger partial charge in [0.05, 0.1) is 10.7 Å². The van der Waals surface area contributed by atoms with Crippen molar-refractivity contribution in [2.45, 2.75) is 6.42 Å². The molecule has 0 radical (unpaired) electrons. The monoisotopic (exact) mass is 373 g/mol. The minimum absolute atomic E-state index is 0.579. The minimum Gasteiger partial charge on any atom is -0.359 e. The molecule has 0 fully saturated rings. The molecular weight excluding hydrogens is 357 g/mol. The van der Waals surface area contributed by atoms with E-state index in [4.69, 9.17) is 23.2 Å². The van der Waals surface area contributed by atoms with Crippen molar-refractivity contribution in [3.8, 4) is 0 Å². The van der Waals surface area contributed by atoms with Crippen LogP contribution in [0.2, 0.25) is 10.0 Å². The third kappa shape index (κ3) is 4.81. The van der Waals surface area contributed by atoms with E-state index in [1.54, 1.807) is 30.6 Å². The van der Waals surface area contributed by atoms with Gasteiger partial charge in [-0.2, -0.15) is 0 Å². The van der Waals surface area contributed by atoms with Crippen molar-refractivity contribution in [1.29, 1.82) is 0 Å². The summed E-state index contributed by atoms with van der Waals surface area (Å²) in [4.78, 5) is 14.7. The Morgan fingerprint density at radius 1 is 1.04 bits per heavy atom. The molecule has 0 saturated heterocycles. The number of anilines is 3. The van der Waals surface area contributed by atoms with Gasteiger partial charge in [-0.05, 0) is 42.3 Å². The maximum Gasteiger partial charge on any atom is 0.135 e. The van der Waals surface area contributed by atoms with E-state index in [1.807, 2.05) is 25.2 Å². The highest BCUT2D eigenvalue weighted by Crippen LogP contribution is 2.28. The van der Waals surface area contributed by atoms with E-state index in [0.717, 1.165) is 18.8 Å². The van der Waals surface area contributed by atoms with Crippen LogP contribution in [0.5, 0.6) is 0 Å². The average Bonchev–Trinajstić information content (AvgIpc) is 2.64. The SMILES string of the molecule is CN(CCc1ccncc1)c1cc(Nc2cc(Cl)ccc2Cl)ncn1. The van der Waals surface area contributed by atoms with Crippen LogP contribution in [-0.2, 0) is 6.42 Å². The van der Waals surface area contributed by atoms with E-state index in [1.165, 1.54) is 11.9 Å². The second-order valence-electron chi connectivity index (χ2n) is 5.54. The highest BCUT2D eigenvalue weighted by molar-refractivity contribution is 6.35. The molecule has 0 aliphatic carbocycles. The van der Waals surface area contributed by atoms with Gasteiger partial charge in [0.25, 0.3) is 0 Å². The third-order valence-electron chi connectivity index (χ3n) is 3.72. The quantitative estimate of drug-likeness (QED) is 0.683. The van der Waals surface area contributed by atoms with Gasteiger partial charge in [0.15, 0.2) is 0 Å². The molecule has 3 rings (SSSR count). The summed E-state index contributed by atoms with van der Waals surface area (Å²) < 4.78 is 0. The smallest absolute Gasteiger partial charge is 0.135 e. The highest BCUT2D eigenvalue weighted by atomic mass is 35.5. The lowest BCUT2D eigenvalue weighted by Gasteiger charge is -2.18. The number of benzene rings is 1. The minimum atomic E-state index is 0.579. The average molecular weight is 374 g/mol. The lowest BCUT2D eigenvalue weighted by atomic mass is 10.2. The molecule has 1 aromatic carbocycles. The molecule has 0 spiro atoms. The van der Waals surface area contributed by atoms with E-state index in [2.05, 4.69) is 25.2 Å². The Balaban J connectivity index is 1.69. The lowest BCUT2D eigenvalue weighted by molar-refractivity contribution is 0.855. The zero-order chi connectivity index (χ0) is 17.6. The van der Waals surface area contributed by atoms with Crippen LogP contribution in [0.1, 0.15) is 5.56 Å². The molecule has 5 nitrogen and oxygen atoms in total. The summed E-state index contributed by atoms with van der Waals surface area (Å²) in [6.45, 7) is 0.832. The summed E-state index contributed by atoms with van der Waals surface area (Å²) in [5, 5.41) is 4.37. The molecule has 2 heterocycles. The maximum atomic E-state index is 6.19. The Kier molecular flexibility index (Phi) is 5.68. The number of aromatic nitrogens is 3. The van der Waals surface area contributed by atoms with Crippen LogP contribution in [0, 0.1) is 0 Å². The fourth-order valence-electron chi connectivity index (χ4n) is 2.32. The molecule has 128 valence electrons. The summed E-state index contributed by atoms with van der Waals surface area (Å²) in [6.07, 6.45) is 6.04. The summed E-state index contributed by atoms with van der Waals surface area (Å²) in [5.41, 5.74) is 1.94. The normalized spacial score (nSPS) is 10.5. The van der Waals surface area contributed by atoms with Crippen molar-refractivity contribution >= 4 is 40.5 Å². The van der Waals surface area contributed by atoms with Gasteiger partial charge in [-0.1, -0.05) is 23.2 Å². The number of pyridine rings is 1. The van der Waals surface area contributed by atoms with Gasteiger partial charge >= 0.3 is 0 Å². The highest BCUT2D eigenvalue weighted by Gasteiger charge is 2.07. The first-order valence-electron chi connectivity index (χ1n) is 7.76. The van der Waals surface area contributed by atoms with Crippen molar-refractivity contribution in [1.82, 2.24) is 15.0 Å². The molecule has 0 aliphatic rings. The molecule has 0 amide bonds. The van der Waals surface area contributed by atoms with Gasteiger partial charge in [0, 0.05) is 37.1 Å². The zero-order valence-corrected chi connectivity index (χ0v) is 15.2. The molecule has 0 atom stereocenters. The Bertz CT molecular complexity index is 842. The number of hydrogen-bond acceptors (Lipinski definition) is 5. The van der Waals surface area contributed by atoms with Crippen molar-refractivity contribution < 1.29 is 0 Å². The van der Waals surface area contributed by atoms with E-state index in [0.29, 0.717) is 21.6 Å². The standard InChI is InChI=1S/C18H17Cl2N5/c1-25(9-6-13-4-7-21-8-5-13)18-11-17(22-12-23-18)24-16-10-14(19)2-3-15(16)20/h2-5,7-8,10-12H,6,9H2,1H3,(H,22,23,24). The van der Waals surface area contributed by atoms with Gasteiger partial charge in [-0.3, -0.25) is 4.98 Å². The molecule has 0 bridgehead atoms. The first kappa shape index (κ1) is 17.5. The van der Waals surface area contributed by atoms with Gasteiger partial charge < -0.3 is 10.2 Å². The molecule has 7 heteroatoms. The van der Waals surface area contributed by atoms with E-state index < -0.39 is 0 Å². The first-order valence-corrected chi connectivity index (χ1v) is 8.51. The molecular formula is C18H17Cl2N5. The van der Waals surface area contributed by atoms with Gasteiger partial charge in [0.1, 0.15) is 18.0 Å². The predicted octanol–water partition coefficient (Wildman–Crippen LogP) is 4.60. The van der Waals surface area contributed by atoms with Gasteiger partial charge in [0.2, 0.25) is 0 Å². The number of halogens is 2. The summed E-state index contributed by atoms with van der Waals surface area (Å²) in [7, 11) is 2.00. The Morgan fingerprint density at radius 2 is 1.84 bits per heavy atom. The number of likely N-dealkylation sites (N-methyl/N-ethyl adjacent to an activating group) is 1. The van der Waals surface area contributed by atoms with E-state index >= 15 is 0 Å². The van der Waals surface area contributed by atoms with Crippen LogP contribution in [0.4, 0.5) is 17.3 Å². The first-order chi connectivity index (χ1) is 12.1. The molecule has 2 aromatic heterocycles. The third-order valence-corrected chi connectivity index (χ3v) is 4.28. The fourth-order valence-corrected chi connectivity index (χ4v) is 2.65. The maximum absolute atomic E-state index is 6.19. The van der Waals surface area contributed by atoms with Crippen molar-refractivity contribution in [2.24, 2.45) is 0 Å². The second kappa shape index (κ2) is 8.14. The van der Waals surface area contributed by atoms with Crippen LogP contribution in [0.3, 0.4) is 0 Å². The Labute approximate surface area is 156 Å². The zero-order valence-electron chi connectivity index (χ0n) is 13.7. The number of rotatable bonds is 6. The molecule has 3 aromatic rings. The summed E-state index contributed by atoms with van der Waals surface area (Å²) in [6, 6.07) is 11.2. The number of hydrogen-bond donors (Lipinski definition) is 1. The summed E-state index contributed by atoms with van der Waals surface area (Å²) in [5.74, 6) is 1.48. The molecule has 25 heavy (non-hydrogen) atoms. The molecule has 0 unspecified atom stereocenters. The Hall–Kier alpha value is -2.37. The summed E-state index contributed by atoms with van der Waals surface area (Å²) >= 11 is 12.2. The van der Waals surface area contributed by atoms with Gasteiger partial charge in [-0.15, -0.1) is 0 Å². The van der Waals surface area contributed by atoms with Crippen LogP contribution >= 0.6 is 23.2 Å². The van der Waals surface area contributed by atoms with Crippen molar-refractivity contribution in [3.63, 3.8) is 0 Å². The van der Waals surface area contributed by atoms with Crippen LogP contribution < -0.4 is 10.2 Å². The van der Waals surface area contributed by atoms with Gasteiger partial charge in [-0.25, -0.2) is 9.97 Å². The Morgan fingerprint density at radius 3 is 2.64 bits per heavy atom. The van der Waals surface area contributed by atoms with Crippen LogP contribution in [0.15, 0.2) is 55.1 Å². The molecule has 1 N–H and O–H groups in total. The molecule has 0 saturated carbocycles. The van der Waals surface area contributed by atoms with Crippen molar-refractivity contribution in [3.05, 3.63) is 70.7 Å². The molecule has 0 aliphatic heterocycles.